The molecular weight excluding hydrogens is 514 g/mol. The van der Waals surface area contributed by atoms with Crippen molar-refractivity contribution in [3.05, 3.63) is 23.8 Å². The lowest BCUT2D eigenvalue weighted by atomic mass is 10.1. The van der Waals surface area contributed by atoms with Gasteiger partial charge in [0.1, 0.15) is 16.8 Å². The van der Waals surface area contributed by atoms with Crippen molar-refractivity contribution in [3.8, 4) is 0 Å². The molecule has 1 saturated heterocycles. The molecule has 1 fully saturated rings. The molecule has 1 heterocycles. The summed E-state index contributed by atoms with van der Waals surface area (Å²) in [5.41, 5.74) is 6.10. The Labute approximate surface area is 238 Å². The summed E-state index contributed by atoms with van der Waals surface area (Å²) < 4.78 is 16.4. The number of hydrogen-bond acceptors (Lipinski definition) is 7. The second-order valence-corrected chi connectivity index (χ2v) is 12.7. The summed E-state index contributed by atoms with van der Waals surface area (Å²) in [6.07, 6.45) is -0.326. The highest BCUT2D eigenvalue weighted by molar-refractivity contribution is 6.00. The van der Waals surface area contributed by atoms with E-state index in [0.717, 1.165) is 36.5 Å². The predicted octanol–water partition coefficient (Wildman–Crippen LogP) is 6.04. The van der Waals surface area contributed by atoms with E-state index in [1.807, 2.05) is 25.1 Å². The van der Waals surface area contributed by atoms with Crippen LogP contribution in [0.25, 0.3) is 0 Å². The van der Waals surface area contributed by atoms with Crippen molar-refractivity contribution in [2.45, 2.75) is 105 Å². The summed E-state index contributed by atoms with van der Waals surface area (Å²) >= 11 is 0. The van der Waals surface area contributed by atoms with E-state index in [2.05, 4.69) is 9.89 Å². The maximum Gasteiger partial charge on any atom is 0.437 e. The van der Waals surface area contributed by atoms with Gasteiger partial charge in [0.05, 0.1) is 6.54 Å². The fraction of sp³-hybridized carbons (Fsp3) is 0.655. The number of guanidine groups is 1. The van der Waals surface area contributed by atoms with Gasteiger partial charge < -0.3 is 29.7 Å². The van der Waals surface area contributed by atoms with Gasteiger partial charge in [-0.2, -0.15) is 0 Å². The molecule has 0 saturated carbocycles. The van der Waals surface area contributed by atoms with Gasteiger partial charge in [-0.3, -0.25) is 0 Å². The fourth-order valence-corrected chi connectivity index (χ4v) is 4.06. The smallest absolute Gasteiger partial charge is 0.437 e. The zero-order valence-electron chi connectivity index (χ0n) is 25.8. The average molecular weight is 562 g/mol. The highest BCUT2D eigenvalue weighted by Crippen LogP contribution is 2.31. The SMILES string of the molecule is CCN(C(N)=NC(=O)OC(C)(C)C)c1ccc(N2CCCC2)c(CN(C(=O)OC(C)(C)C)C(=O)OC(C)(C)C)c1. The van der Waals surface area contributed by atoms with Crippen LogP contribution in [0.15, 0.2) is 23.2 Å². The molecule has 1 aliphatic rings. The average Bonchev–Trinajstić information content (AvgIpc) is 3.28. The molecule has 11 nitrogen and oxygen atoms in total. The van der Waals surface area contributed by atoms with Gasteiger partial charge in [0.15, 0.2) is 0 Å². The van der Waals surface area contributed by atoms with Crippen molar-refractivity contribution in [2.75, 3.05) is 29.4 Å². The Morgan fingerprint density at radius 1 is 0.875 bits per heavy atom. The summed E-state index contributed by atoms with van der Waals surface area (Å²) in [6, 6.07) is 5.65. The Bertz CT molecular complexity index is 1060. The van der Waals surface area contributed by atoms with E-state index in [0.29, 0.717) is 17.8 Å². The van der Waals surface area contributed by atoms with E-state index in [9.17, 15) is 14.4 Å². The maximum absolute atomic E-state index is 13.2. The molecule has 11 heteroatoms. The molecule has 1 aromatic carbocycles. The van der Waals surface area contributed by atoms with E-state index in [-0.39, 0.29) is 12.5 Å². The third-order valence-electron chi connectivity index (χ3n) is 5.57. The van der Waals surface area contributed by atoms with Gasteiger partial charge >= 0.3 is 18.3 Å². The van der Waals surface area contributed by atoms with E-state index in [1.54, 1.807) is 67.2 Å². The van der Waals surface area contributed by atoms with Crippen LogP contribution >= 0.6 is 0 Å². The van der Waals surface area contributed by atoms with Crippen molar-refractivity contribution in [2.24, 2.45) is 10.7 Å². The number of aliphatic imine (C=N–C) groups is 1. The van der Waals surface area contributed by atoms with Crippen LogP contribution in [0.3, 0.4) is 0 Å². The summed E-state index contributed by atoms with van der Waals surface area (Å²) in [6.45, 7) is 19.6. The number of ether oxygens (including phenoxy) is 3. The number of carbonyl (C=O) groups excluding carboxylic acids is 3. The Balaban J connectivity index is 2.54. The topological polar surface area (TPSA) is 127 Å². The van der Waals surface area contributed by atoms with E-state index in [4.69, 9.17) is 19.9 Å². The van der Waals surface area contributed by atoms with Crippen molar-refractivity contribution in [1.82, 2.24) is 4.90 Å². The number of imide groups is 1. The largest absolute Gasteiger partial charge is 0.443 e. The first kappa shape index (κ1) is 32.7. The molecule has 0 aliphatic carbocycles. The first-order valence-electron chi connectivity index (χ1n) is 13.8. The van der Waals surface area contributed by atoms with Crippen LogP contribution in [0.4, 0.5) is 25.8 Å². The zero-order chi connectivity index (χ0) is 30.5. The molecule has 0 radical (unpaired) electrons. The van der Waals surface area contributed by atoms with Crippen LogP contribution in [0.5, 0.6) is 0 Å². The number of nitrogens with zero attached hydrogens (tertiary/aromatic N) is 4. The molecule has 0 atom stereocenters. The molecule has 0 spiro atoms. The van der Waals surface area contributed by atoms with Gasteiger partial charge in [-0.05, 0) is 106 Å². The normalized spacial score (nSPS) is 14.6. The number of carbonyl (C=O) groups is 3. The molecule has 0 unspecified atom stereocenters. The zero-order valence-corrected chi connectivity index (χ0v) is 25.8. The third-order valence-corrected chi connectivity index (χ3v) is 5.57. The van der Waals surface area contributed by atoms with E-state index >= 15 is 0 Å². The quantitative estimate of drug-likeness (QED) is 0.260. The van der Waals surface area contributed by atoms with Gasteiger partial charge in [-0.15, -0.1) is 4.99 Å². The summed E-state index contributed by atoms with van der Waals surface area (Å²) in [5, 5.41) is 0. The summed E-state index contributed by atoms with van der Waals surface area (Å²) in [5.74, 6) is -0.0345. The minimum absolute atomic E-state index is 0.0345. The van der Waals surface area contributed by atoms with Gasteiger partial charge in [-0.1, -0.05) is 0 Å². The van der Waals surface area contributed by atoms with Crippen LogP contribution in [-0.4, -0.2) is 65.6 Å². The minimum Gasteiger partial charge on any atom is -0.443 e. The molecule has 2 N–H and O–H groups in total. The van der Waals surface area contributed by atoms with Crippen molar-refractivity contribution in [3.63, 3.8) is 0 Å². The van der Waals surface area contributed by atoms with Crippen LogP contribution < -0.4 is 15.5 Å². The second kappa shape index (κ2) is 12.8. The second-order valence-electron chi connectivity index (χ2n) is 12.7. The standard InChI is InChI=1S/C29H47N5O6/c1-11-33(23(30)31-24(35)38-27(2,3)4)21-14-15-22(32-16-12-13-17-32)20(18-21)19-34(25(36)39-28(5,6)7)26(37)40-29(8,9)10/h14-15,18H,11-13,16-17,19H2,1-10H3,(H2,30,31,35). The number of benzene rings is 1. The Morgan fingerprint density at radius 3 is 1.82 bits per heavy atom. The molecule has 40 heavy (non-hydrogen) atoms. The number of hydrogen-bond donors (Lipinski definition) is 1. The minimum atomic E-state index is -0.817. The van der Waals surface area contributed by atoms with Gasteiger partial charge in [0.25, 0.3) is 0 Å². The molecule has 3 amide bonds. The van der Waals surface area contributed by atoms with Crippen LogP contribution in [-0.2, 0) is 20.8 Å². The lowest BCUT2D eigenvalue weighted by Gasteiger charge is -2.31. The van der Waals surface area contributed by atoms with Crippen LogP contribution in [0, 0.1) is 0 Å². The fourth-order valence-electron chi connectivity index (χ4n) is 4.06. The van der Waals surface area contributed by atoms with Crippen molar-refractivity contribution < 1.29 is 28.6 Å². The van der Waals surface area contributed by atoms with Crippen molar-refractivity contribution in [1.29, 1.82) is 0 Å². The molecule has 2 rings (SSSR count). The highest BCUT2D eigenvalue weighted by atomic mass is 16.6. The van der Waals surface area contributed by atoms with Gasteiger partial charge in [-0.25, -0.2) is 19.3 Å². The first-order valence-corrected chi connectivity index (χ1v) is 13.8. The molecule has 0 bridgehead atoms. The van der Waals surface area contributed by atoms with Crippen molar-refractivity contribution >= 4 is 35.6 Å². The maximum atomic E-state index is 13.2. The Morgan fingerprint density at radius 2 is 1.38 bits per heavy atom. The highest BCUT2D eigenvalue weighted by Gasteiger charge is 2.33. The van der Waals surface area contributed by atoms with Gasteiger partial charge in [0.2, 0.25) is 5.96 Å². The number of nitrogens with two attached hydrogens (primary N) is 1. The predicted molar refractivity (Wildman–Crippen MR) is 157 cm³/mol. The molecule has 0 aromatic heterocycles. The molecule has 1 aliphatic heterocycles. The first-order chi connectivity index (χ1) is 18.3. The summed E-state index contributed by atoms with van der Waals surface area (Å²) in [4.78, 5) is 47.5. The molecule has 224 valence electrons. The Hall–Kier alpha value is -3.50. The van der Waals surface area contributed by atoms with Crippen LogP contribution in [0.2, 0.25) is 0 Å². The lowest BCUT2D eigenvalue weighted by Crippen LogP contribution is -2.43. The third kappa shape index (κ3) is 10.2. The number of anilines is 2. The number of amides is 3. The van der Waals surface area contributed by atoms with E-state index in [1.165, 1.54) is 0 Å². The van der Waals surface area contributed by atoms with Crippen LogP contribution in [0.1, 0.15) is 87.6 Å². The van der Waals surface area contributed by atoms with E-state index < -0.39 is 35.1 Å². The molecular formula is C29H47N5O6. The lowest BCUT2D eigenvalue weighted by molar-refractivity contribution is -0.000263. The molecule has 1 aromatic rings. The number of rotatable bonds is 5. The Kier molecular flexibility index (Phi) is 10.5. The van der Waals surface area contributed by atoms with Gasteiger partial charge in [0, 0.05) is 31.0 Å². The monoisotopic (exact) mass is 561 g/mol. The summed E-state index contributed by atoms with van der Waals surface area (Å²) in [7, 11) is 0.